The van der Waals surface area contributed by atoms with E-state index in [1.165, 1.54) is 7.11 Å². The summed E-state index contributed by atoms with van der Waals surface area (Å²) in [5, 5.41) is 35.5. The average molecular weight is 347 g/mol. The van der Waals surface area contributed by atoms with Gasteiger partial charge in [0, 0.05) is 18.9 Å². The van der Waals surface area contributed by atoms with Gasteiger partial charge in [-0.05, 0) is 23.3 Å². The van der Waals surface area contributed by atoms with Crippen LogP contribution < -0.4 is 9.47 Å². The maximum Gasteiger partial charge on any atom is 0.231 e. The molecule has 1 aromatic rings. The Morgan fingerprint density at radius 3 is 2.68 bits per heavy atom. The molecule has 4 aliphatic rings. The van der Waals surface area contributed by atoms with E-state index in [-0.39, 0.29) is 13.3 Å². The van der Waals surface area contributed by atoms with Gasteiger partial charge in [0.2, 0.25) is 6.79 Å². The summed E-state index contributed by atoms with van der Waals surface area (Å²) < 4.78 is 15.8. The number of fused-ring (bicyclic) bond motifs is 3. The molecular formula is C18H21NO6. The Hall–Kier alpha value is -1.80. The summed E-state index contributed by atoms with van der Waals surface area (Å²) in [6.07, 6.45) is 1.40. The Morgan fingerprint density at radius 1 is 1.24 bits per heavy atom. The van der Waals surface area contributed by atoms with Crippen molar-refractivity contribution in [3.8, 4) is 11.5 Å². The van der Waals surface area contributed by atoms with Crippen molar-refractivity contribution in [2.24, 2.45) is 0 Å². The number of hydrogen-bond acceptors (Lipinski definition) is 6. The molecule has 1 spiro atoms. The Balaban J connectivity index is 1.77. The Labute approximate surface area is 145 Å². The van der Waals surface area contributed by atoms with Crippen LogP contribution >= 0.6 is 0 Å². The molecule has 2 N–H and O–H groups in total. The second-order valence-corrected chi connectivity index (χ2v) is 7.41. The van der Waals surface area contributed by atoms with Crippen LogP contribution in [0.3, 0.4) is 0 Å². The maximum atomic E-state index is 13.8. The molecular weight excluding hydrogens is 326 g/mol. The van der Waals surface area contributed by atoms with Crippen molar-refractivity contribution in [2.75, 3.05) is 27.0 Å². The lowest BCUT2D eigenvalue weighted by atomic mass is 9.77. The van der Waals surface area contributed by atoms with Gasteiger partial charge in [0.05, 0.1) is 19.6 Å². The predicted octanol–water partition coefficient (Wildman–Crippen LogP) is 1.30. The van der Waals surface area contributed by atoms with Crippen molar-refractivity contribution in [2.45, 2.75) is 36.5 Å². The summed E-state index contributed by atoms with van der Waals surface area (Å²) in [5.74, 6) is 1.12. The molecule has 0 radical (unpaired) electrons. The van der Waals surface area contributed by atoms with E-state index in [2.05, 4.69) is 0 Å². The number of methoxy groups -OCH3 is 1. The molecule has 1 saturated heterocycles. The van der Waals surface area contributed by atoms with Gasteiger partial charge in [-0.25, -0.2) is 0 Å². The first kappa shape index (κ1) is 15.5. The second kappa shape index (κ2) is 4.88. The molecule has 0 amide bonds. The molecule has 25 heavy (non-hydrogen) atoms. The van der Waals surface area contributed by atoms with Gasteiger partial charge >= 0.3 is 0 Å². The normalized spacial score (nSPS) is 40.8. The van der Waals surface area contributed by atoms with Crippen LogP contribution in [0.4, 0.5) is 0 Å². The summed E-state index contributed by atoms with van der Waals surface area (Å²) >= 11 is 0. The first-order valence-electron chi connectivity index (χ1n) is 8.63. The number of aliphatic hydroxyl groups is 2. The Kier molecular flexibility index (Phi) is 3.02. The van der Waals surface area contributed by atoms with Crippen molar-refractivity contribution in [3.63, 3.8) is 0 Å². The van der Waals surface area contributed by atoms with Gasteiger partial charge < -0.3 is 34.3 Å². The van der Waals surface area contributed by atoms with E-state index in [0.29, 0.717) is 35.8 Å². The lowest BCUT2D eigenvalue weighted by Gasteiger charge is -2.52. The second-order valence-electron chi connectivity index (χ2n) is 7.41. The van der Waals surface area contributed by atoms with Crippen LogP contribution in [0, 0.1) is 5.21 Å². The minimum Gasteiger partial charge on any atom is -0.632 e. The molecule has 5 rings (SSSR count). The molecule has 0 unspecified atom stereocenters. The third-order valence-corrected chi connectivity index (χ3v) is 6.37. The zero-order valence-electron chi connectivity index (χ0n) is 14.0. The smallest absolute Gasteiger partial charge is 0.231 e. The number of nitrogens with zero attached hydrogens (tertiary/aromatic N) is 1. The monoisotopic (exact) mass is 347 g/mol. The molecule has 7 nitrogen and oxygen atoms in total. The molecule has 5 atom stereocenters. The highest BCUT2D eigenvalue weighted by Crippen LogP contribution is 2.58. The van der Waals surface area contributed by atoms with E-state index in [1.54, 1.807) is 6.07 Å². The third-order valence-electron chi connectivity index (χ3n) is 6.37. The van der Waals surface area contributed by atoms with Gasteiger partial charge in [-0.1, -0.05) is 0 Å². The summed E-state index contributed by atoms with van der Waals surface area (Å²) in [5.41, 5.74) is 0.580. The number of hydroxylamine groups is 3. The molecule has 1 aliphatic carbocycles. The first-order chi connectivity index (χ1) is 12.0. The lowest BCUT2D eigenvalue weighted by Crippen LogP contribution is -2.58. The van der Waals surface area contributed by atoms with Crippen molar-refractivity contribution in [1.29, 1.82) is 0 Å². The molecule has 3 aliphatic heterocycles. The maximum absolute atomic E-state index is 13.8. The van der Waals surface area contributed by atoms with Crippen LogP contribution in [0.15, 0.2) is 24.0 Å². The van der Waals surface area contributed by atoms with Crippen LogP contribution in [0.1, 0.15) is 36.0 Å². The summed E-state index contributed by atoms with van der Waals surface area (Å²) in [4.78, 5) is 0. The highest BCUT2D eigenvalue weighted by atomic mass is 16.7. The zero-order valence-corrected chi connectivity index (χ0v) is 14.0. The Bertz CT molecular complexity index is 779. The van der Waals surface area contributed by atoms with E-state index in [1.807, 2.05) is 12.1 Å². The summed E-state index contributed by atoms with van der Waals surface area (Å²) in [6.45, 7) is 0.619. The number of benzene rings is 1. The quantitative estimate of drug-likeness (QED) is 0.588. The van der Waals surface area contributed by atoms with Gasteiger partial charge in [-0.15, -0.1) is 0 Å². The molecule has 0 saturated carbocycles. The van der Waals surface area contributed by atoms with E-state index in [4.69, 9.17) is 14.2 Å². The largest absolute Gasteiger partial charge is 0.632 e. The van der Waals surface area contributed by atoms with Crippen molar-refractivity contribution in [3.05, 3.63) is 40.3 Å². The van der Waals surface area contributed by atoms with Gasteiger partial charge in [0.25, 0.3) is 0 Å². The fraction of sp³-hybridized carbons (Fsp3) is 0.556. The van der Waals surface area contributed by atoms with Crippen LogP contribution in [-0.4, -0.2) is 53.5 Å². The van der Waals surface area contributed by atoms with Gasteiger partial charge in [-0.2, -0.15) is 0 Å². The number of quaternary nitrogens is 1. The van der Waals surface area contributed by atoms with Crippen LogP contribution in [0.25, 0.3) is 0 Å². The van der Waals surface area contributed by atoms with Gasteiger partial charge in [-0.3, -0.25) is 0 Å². The van der Waals surface area contributed by atoms with Crippen molar-refractivity contribution < 1.29 is 29.1 Å². The minimum atomic E-state index is -0.918. The van der Waals surface area contributed by atoms with Crippen molar-refractivity contribution >= 4 is 0 Å². The fourth-order valence-corrected chi connectivity index (χ4v) is 5.28. The van der Waals surface area contributed by atoms with Gasteiger partial charge in [0.15, 0.2) is 11.5 Å². The van der Waals surface area contributed by atoms with Crippen LogP contribution in [-0.2, 0) is 4.74 Å². The topological polar surface area (TPSA) is 91.2 Å². The lowest BCUT2D eigenvalue weighted by molar-refractivity contribution is -0.916. The Morgan fingerprint density at radius 2 is 1.96 bits per heavy atom. The summed E-state index contributed by atoms with van der Waals surface area (Å²) in [6, 6.07) is 3.57. The molecule has 7 heteroatoms. The predicted molar refractivity (Wildman–Crippen MR) is 86.7 cm³/mol. The number of ether oxygens (including phenoxy) is 3. The van der Waals surface area contributed by atoms with E-state index in [0.717, 1.165) is 12.0 Å². The van der Waals surface area contributed by atoms with Crippen LogP contribution in [0.5, 0.6) is 11.5 Å². The van der Waals surface area contributed by atoms with E-state index >= 15 is 0 Å². The SMILES string of the molecule is COC1=C[C@]23CCC[N@@+]2([O-])C[C@H](O)c2cc4c(cc2[C@@H]3[C@@H]1O)OCO4. The first-order valence-corrected chi connectivity index (χ1v) is 8.63. The number of aliphatic hydroxyl groups excluding tert-OH is 2. The molecule has 1 aromatic carbocycles. The highest BCUT2D eigenvalue weighted by molar-refractivity contribution is 5.54. The van der Waals surface area contributed by atoms with Crippen molar-refractivity contribution in [1.82, 2.24) is 0 Å². The standard InChI is InChI=1S/C18H21NO6/c1-23-15-7-18-3-2-4-19(18,22)8-12(20)10-5-13-14(25-9-24-13)6-11(10)16(18)17(15)21/h5-7,12,16-17,20-21H,2-4,8-9H2,1H3/t12-,16+,17+,18-,19+/m0/s1. The number of hydrogen-bond donors (Lipinski definition) is 2. The fourth-order valence-electron chi connectivity index (χ4n) is 5.28. The minimum absolute atomic E-state index is 0.0589. The summed E-state index contributed by atoms with van der Waals surface area (Å²) in [7, 11) is 1.51. The number of rotatable bonds is 1. The molecule has 0 bridgehead atoms. The van der Waals surface area contributed by atoms with E-state index < -0.39 is 28.3 Å². The average Bonchev–Trinajstić information content (AvgIpc) is 3.22. The van der Waals surface area contributed by atoms with Gasteiger partial charge in [0.1, 0.15) is 30.1 Å². The molecule has 3 heterocycles. The third kappa shape index (κ3) is 1.79. The van der Waals surface area contributed by atoms with Crippen LogP contribution in [0.2, 0.25) is 0 Å². The highest BCUT2D eigenvalue weighted by Gasteiger charge is 2.63. The molecule has 1 fully saturated rings. The molecule has 134 valence electrons. The van der Waals surface area contributed by atoms with E-state index in [9.17, 15) is 15.4 Å². The zero-order chi connectivity index (χ0) is 17.4. The molecule has 0 aromatic heterocycles.